The van der Waals surface area contributed by atoms with Gasteiger partial charge >= 0.3 is 6.18 Å². The molecule has 0 spiro atoms. The second-order valence-corrected chi connectivity index (χ2v) is 3.56. The Bertz CT molecular complexity index is 209. The summed E-state index contributed by atoms with van der Waals surface area (Å²) >= 11 is 0. The van der Waals surface area contributed by atoms with Crippen LogP contribution in [0.3, 0.4) is 0 Å². The Morgan fingerprint density at radius 1 is 1.38 bits per heavy atom. The molecule has 0 rings (SSSR count). The molecule has 16 heavy (non-hydrogen) atoms. The van der Waals surface area contributed by atoms with Crippen molar-refractivity contribution in [3.05, 3.63) is 0 Å². The molecule has 2 atom stereocenters. The molecule has 0 aromatic carbocycles. The van der Waals surface area contributed by atoms with Crippen LogP contribution in [0, 0.1) is 0 Å². The van der Waals surface area contributed by atoms with Crippen LogP contribution < -0.4 is 0 Å². The smallest absolute Gasteiger partial charge is 0.427 e. The van der Waals surface area contributed by atoms with Gasteiger partial charge < -0.3 is 4.74 Å². The summed E-state index contributed by atoms with van der Waals surface area (Å²) in [6.07, 6.45) is -5.83. The van der Waals surface area contributed by atoms with Crippen molar-refractivity contribution in [2.75, 3.05) is 13.1 Å². The van der Waals surface area contributed by atoms with E-state index in [1.807, 2.05) is 6.92 Å². The van der Waals surface area contributed by atoms with Crippen molar-refractivity contribution in [1.29, 1.82) is 0 Å². The molecule has 0 aromatic rings. The second-order valence-electron chi connectivity index (χ2n) is 3.56. The molecule has 0 saturated carbocycles. The number of rotatable bonds is 7. The Labute approximate surface area is 93.6 Å². The third-order valence-electron chi connectivity index (χ3n) is 2.46. The van der Waals surface area contributed by atoms with E-state index in [0.29, 0.717) is 13.1 Å². The fraction of sp³-hybridized carbons (Fsp3) is 0.900. The van der Waals surface area contributed by atoms with Gasteiger partial charge in [0.1, 0.15) is 0 Å². The van der Waals surface area contributed by atoms with Gasteiger partial charge in [0.25, 0.3) is 6.47 Å². The highest BCUT2D eigenvalue weighted by Crippen LogP contribution is 2.27. The van der Waals surface area contributed by atoms with Crippen LogP contribution in [-0.4, -0.2) is 42.8 Å². The number of ether oxygens (including phenoxy) is 1. The molecule has 96 valence electrons. The van der Waals surface area contributed by atoms with E-state index in [9.17, 15) is 18.0 Å². The lowest BCUT2D eigenvalue weighted by Gasteiger charge is -2.33. The van der Waals surface area contributed by atoms with E-state index in [0.717, 1.165) is 6.42 Å². The molecule has 0 radical (unpaired) electrons. The van der Waals surface area contributed by atoms with Crippen LogP contribution in [0.4, 0.5) is 13.2 Å². The van der Waals surface area contributed by atoms with Gasteiger partial charge in [-0.1, -0.05) is 13.8 Å². The summed E-state index contributed by atoms with van der Waals surface area (Å²) in [6, 6.07) is -0.866. The lowest BCUT2D eigenvalue weighted by atomic mass is 10.1. The van der Waals surface area contributed by atoms with Crippen LogP contribution in [0.5, 0.6) is 0 Å². The molecule has 0 N–H and O–H groups in total. The number of hydrogen-bond acceptors (Lipinski definition) is 3. The van der Waals surface area contributed by atoms with Gasteiger partial charge in [-0.15, -0.1) is 0 Å². The average Bonchev–Trinajstić information content (AvgIpc) is 2.20. The Morgan fingerprint density at radius 2 is 1.94 bits per heavy atom. The van der Waals surface area contributed by atoms with E-state index in [2.05, 4.69) is 4.74 Å². The standard InChI is InChI=1S/C10H18F3NO2/c1-4-6-14(5-2)8(3)9(16-7-15)10(11,12)13/h7-9H,4-6H2,1-3H3. The molecule has 0 heterocycles. The molecule has 0 aliphatic rings. The summed E-state index contributed by atoms with van der Waals surface area (Å²) in [6.45, 7) is 5.98. The van der Waals surface area contributed by atoms with Crippen molar-refractivity contribution in [1.82, 2.24) is 4.90 Å². The second kappa shape index (κ2) is 6.73. The Balaban J connectivity index is 4.69. The Kier molecular flexibility index (Phi) is 6.40. The van der Waals surface area contributed by atoms with Crippen LogP contribution >= 0.6 is 0 Å². The number of carbonyl (C=O) groups excluding carboxylic acids is 1. The van der Waals surface area contributed by atoms with Gasteiger partial charge in [-0.25, -0.2) is 0 Å². The molecular formula is C10H18F3NO2. The minimum atomic E-state index is -4.53. The molecule has 2 unspecified atom stereocenters. The number of hydrogen-bond donors (Lipinski definition) is 0. The highest BCUT2D eigenvalue weighted by Gasteiger charge is 2.46. The largest absolute Gasteiger partial charge is 0.453 e. The van der Waals surface area contributed by atoms with Crippen LogP contribution in [0.2, 0.25) is 0 Å². The summed E-state index contributed by atoms with van der Waals surface area (Å²) < 4.78 is 41.9. The van der Waals surface area contributed by atoms with Crippen molar-refractivity contribution in [2.24, 2.45) is 0 Å². The number of nitrogens with zero attached hydrogens (tertiary/aromatic N) is 1. The van der Waals surface area contributed by atoms with Crippen molar-refractivity contribution in [3.8, 4) is 0 Å². The van der Waals surface area contributed by atoms with E-state index in [4.69, 9.17) is 0 Å². The normalized spacial score (nSPS) is 15.9. The van der Waals surface area contributed by atoms with Crippen LogP contribution in [0.1, 0.15) is 27.2 Å². The molecule has 6 heteroatoms. The van der Waals surface area contributed by atoms with E-state index in [1.54, 1.807) is 11.8 Å². The van der Waals surface area contributed by atoms with Gasteiger partial charge in [-0.05, 0) is 26.4 Å². The summed E-state index contributed by atoms with van der Waals surface area (Å²) in [5.74, 6) is 0. The Hall–Kier alpha value is -0.780. The third-order valence-corrected chi connectivity index (χ3v) is 2.46. The van der Waals surface area contributed by atoms with Gasteiger partial charge in [0.05, 0.1) is 6.04 Å². The SMILES string of the molecule is CCCN(CC)C(C)C(OC=O)C(F)(F)F. The minimum absolute atomic E-state index is 0.144. The number of halogens is 3. The first-order valence-electron chi connectivity index (χ1n) is 5.28. The molecule has 0 amide bonds. The van der Waals surface area contributed by atoms with Gasteiger partial charge in [0, 0.05) is 0 Å². The van der Waals surface area contributed by atoms with Crippen molar-refractivity contribution >= 4 is 6.47 Å². The molecule has 0 saturated heterocycles. The van der Waals surface area contributed by atoms with E-state index in [-0.39, 0.29) is 6.47 Å². The van der Waals surface area contributed by atoms with Gasteiger partial charge in [-0.2, -0.15) is 13.2 Å². The highest BCUT2D eigenvalue weighted by molar-refractivity contribution is 5.37. The average molecular weight is 241 g/mol. The highest BCUT2D eigenvalue weighted by atomic mass is 19.4. The Morgan fingerprint density at radius 3 is 2.25 bits per heavy atom. The predicted octanol–water partition coefficient (Wildman–Crippen LogP) is 2.21. The minimum Gasteiger partial charge on any atom is -0.453 e. The maximum atomic E-state index is 12.6. The topological polar surface area (TPSA) is 29.5 Å². The van der Waals surface area contributed by atoms with Gasteiger partial charge in [0.15, 0.2) is 0 Å². The summed E-state index contributed by atoms with van der Waals surface area (Å²) in [4.78, 5) is 11.7. The number of alkyl halides is 3. The van der Waals surface area contributed by atoms with Gasteiger partial charge in [-0.3, -0.25) is 9.69 Å². The fourth-order valence-corrected chi connectivity index (χ4v) is 1.65. The van der Waals surface area contributed by atoms with E-state index >= 15 is 0 Å². The zero-order chi connectivity index (χ0) is 12.8. The first-order chi connectivity index (χ1) is 7.38. The lowest BCUT2D eigenvalue weighted by molar-refractivity contribution is -0.228. The number of carbonyl (C=O) groups is 1. The third kappa shape index (κ3) is 4.38. The predicted molar refractivity (Wildman–Crippen MR) is 54.0 cm³/mol. The monoisotopic (exact) mass is 241 g/mol. The fourth-order valence-electron chi connectivity index (χ4n) is 1.65. The zero-order valence-corrected chi connectivity index (χ0v) is 9.75. The lowest BCUT2D eigenvalue weighted by Crippen LogP contribution is -2.50. The molecule has 0 aromatic heterocycles. The summed E-state index contributed by atoms with van der Waals surface area (Å²) in [5.41, 5.74) is 0. The molecule has 0 fully saturated rings. The van der Waals surface area contributed by atoms with Gasteiger partial charge in [0.2, 0.25) is 6.10 Å². The molecule has 0 aliphatic carbocycles. The molecule has 0 aliphatic heterocycles. The first kappa shape index (κ1) is 15.2. The first-order valence-corrected chi connectivity index (χ1v) is 5.28. The molecule has 0 bridgehead atoms. The zero-order valence-electron chi connectivity index (χ0n) is 9.75. The number of likely N-dealkylation sites (N-methyl/N-ethyl adjacent to an activating group) is 1. The maximum Gasteiger partial charge on any atom is 0.427 e. The van der Waals surface area contributed by atoms with Crippen LogP contribution in [0.25, 0.3) is 0 Å². The van der Waals surface area contributed by atoms with Crippen molar-refractivity contribution in [2.45, 2.75) is 45.5 Å². The maximum absolute atomic E-state index is 12.6. The van der Waals surface area contributed by atoms with E-state index in [1.165, 1.54) is 6.92 Å². The van der Waals surface area contributed by atoms with Crippen LogP contribution in [0.15, 0.2) is 0 Å². The van der Waals surface area contributed by atoms with Crippen molar-refractivity contribution < 1.29 is 22.7 Å². The molecule has 3 nitrogen and oxygen atoms in total. The van der Waals surface area contributed by atoms with E-state index < -0.39 is 18.3 Å². The summed E-state index contributed by atoms with van der Waals surface area (Å²) in [5, 5.41) is 0. The summed E-state index contributed by atoms with van der Waals surface area (Å²) in [7, 11) is 0. The van der Waals surface area contributed by atoms with Crippen molar-refractivity contribution in [3.63, 3.8) is 0 Å². The molecular weight excluding hydrogens is 223 g/mol. The van der Waals surface area contributed by atoms with Crippen LogP contribution in [-0.2, 0) is 9.53 Å². The quantitative estimate of drug-likeness (QED) is 0.640.